The molecule has 2 atom stereocenters. The van der Waals surface area contributed by atoms with Gasteiger partial charge >= 0.3 is 5.97 Å². The van der Waals surface area contributed by atoms with Gasteiger partial charge in [-0.1, -0.05) is 24.3 Å². The highest BCUT2D eigenvalue weighted by atomic mass is 32.2. The minimum Gasteiger partial charge on any atom is -0.457 e. The van der Waals surface area contributed by atoms with Gasteiger partial charge in [0.05, 0.1) is 6.42 Å². The van der Waals surface area contributed by atoms with Crippen LogP contribution in [0.15, 0.2) is 48.8 Å². The number of carbonyl (C=O) groups excluding carboxylic acids is 3. The molecule has 7 heteroatoms. The minimum absolute atomic E-state index is 0.0273. The van der Waals surface area contributed by atoms with Crippen LogP contribution in [-0.2, 0) is 20.7 Å². The van der Waals surface area contributed by atoms with E-state index in [-0.39, 0.29) is 30.2 Å². The number of nitrogens with zero attached hydrogens (tertiary/aromatic N) is 1. The molecule has 1 aliphatic rings. The fourth-order valence-electron chi connectivity index (χ4n) is 3.54. The summed E-state index contributed by atoms with van der Waals surface area (Å²) in [6, 6.07) is 11.4. The van der Waals surface area contributed by atoms with Gasteiger partial charge in [0, 0.05) is 48.8 Å². The van der Waals surface area contributed by atoms with E-state index in [4.69, 9.17) is 4.74 Å². The number of thioether (sulfide) groups is 1. The first-order valence-corrected chi connectivity index (χ1v) is 11.2. The highest BCUT2D eigenvalue weighted by Crippen LogP contribution is 2.34. The summed E-state index contributed by atoms with van der Waals surface area (Å²) in [6.45, 7) is 1.99. The number of hydrogen-bond acceptors (Lipinski definition) is 6. The van der Waals surface area contributed by atoms with Crippen LogP contribution in [0.25, 0.3) is 0 Å². The molecule has 1 heterocycles. The van der Waals surface area contributed by atoms with Crippen LogP contribution in [0.3, 0.4) is 0 Å². The lowest BCUT2D eigenvalue weighted by atomic mass is 9.97. The second kappa shape index (κ2) is 10.9. The molecule has 1 aliphatic carbocycles. The molecular formula is C23H26N2O4S. The molecule has 0 radical (unpaired) electrons. The lowest BCUT2D eigenvalue weighted by Gasteiger charge is -2.18. The third-order valence-corrected chi connectivity index (χ3v) is 6.15. The first-order chi connectivity index (χ1) is 14.5. The number of amides is 1. The number of aromatic nitrogens is 1. The number of nitrogens with one attached hydrogen (secondary N) is 1. The lowest BCUT2D eigenvalue weighted by molar-refractivity contribution is -0.150. The number of esters is 1. The van der Waals surface area contributed by atoms with Gasteiger partial charge in [-0.05, 0) is 36.1 Å². The van der Waals surface area contributed by atoms with Crippen molar-refractivity contribution in [3.63, 3.8) is 0 Å². The van der Waals surface area contributed by atoms with E-state index in [1.54, 1.807) is 18.3 Å². The number of ether oxygens (including phenoxy) is 1. The van der Waals surface area contributed by atoms with Crippen LogP contribution in [-0.4, -0.2) is 40.7 Å². The molecule has 0 bridgehead atoms. The van der Waals surface area contributed by atoms with E-state index >= 15 is 0 Å². The Morgan fingerprint density at radius 3 is 2.83 bits per heavy atom. The van der Waals surface area contributed by atoms with Crippen molar-refractivity contribution in [2.75, 3.05) is 18.1 Å². The molecule has 2 aromatic rings. The maximum absolute atomic E-state index is 13.0. The van der Waals surface area contributed by atoms with Crippen LogP contribution in [0.1, 0.15) is 47.4 Å². The van der Waals surface area contributed by atoms with Gasteiger partial charge in [0.2, 0.25) is 5.91 Å². The Balaban J connectivity index is 1.60. The van der Waals surface area contributed by atoms with Crippen LogP contribution in [0.2, 0.25) is 0 Å². The van der Waals surface area contributed by atoms with Crippen LogP contribution >= 0.6 is 11.8 Å². The number of rotatable bonds is 10. The molecule has 2 unspecified atom stereocenters. The average molecular weight is 427 g/mol. The van der Waals surface area contributed by atoms with Crippen molar-refractivity contribution < 1.29 is 19.1 Å². The van der Waals surface area contributed by atoms with Gasteiger partial charge in [-0.25, -0.2) is 0 Å². The van der Waals surface area contributed by atoms with Crippen LogP contribution in [0.4, 0.5) is 0 Å². The van der Waals surface area contributed by atoms with Crippen molar-refractivity contribution in [2.45, 2.75) is 32.3 Å². The van der Waals surface area contributed by atoms with Crippen molar-refractivity contribution in [1.82, 2.24) is 10.3 Å². The number of aryl methyl sites for hydroxylation is 1. The van der Waals surface area contributed by atoms with Gasteiger partial charge in [0.15, 0.2) is 5.78 Å². The zero-order valence-corrected chi connectivity index (χ0v) is 17.8. The first kappa shape index (κ1) is 22.0. The SMILES string of the molecule is CC(=O)NCCSCC(CC(=O)OC1CCc2ccccc21)C(=O)c1cccnc1. The molecule has 158 valence electrons. The number of pyridine rings is 1. The van der Waals surface area contributed by atoms with E-state index in [0.717, 1.165) is 18.4 Å². The van der Waals surface area contributed by atoms with Gasteiger partial charge in [0.1, 0.15) is 6.10 Å². The van der Waals surface area contributed by atoms with E-state index < -0.39 is 5.92 Å². The lowest BCUT2D eigenvalue weighted by Crippen LogP contribution is -2.25. The van der Waals surface area contributed by atoms with Crippen molar-refractivity contribution in [3.8, 4) is 0 Å². The smallest absolute Gasteiger partial charge is 0.307 e. The summed E-state index contributed by atoms with van der Waals surface area (Å²) >= 11 is 1.54. The molecule has 1 amide bonds. The van der Waals surface area contributed by atoms with E-state index in [9.17, 15) is 14.4 Å². The maximum Gasteiger partial charge on any atom is 0.307 e. The maximum atomic E-state index is 13.0. The first-order valence-electron chi connectivity index (χ1n) is 10.1. The molecular weight excluding hydrogens is 400 g/mol. The summed E-state index contributed by atoms with van der Waals surface area (Å²) in [5.74, 6) is 0.0884. The highest BCUT2D eigenvalue weighted by molar-refractivity contribution is 7.99. The molecule has 3 rings (SSSR count). The summed E-state index contributed by atoms with van der Waals surface area (Å²) in [7, 11) is 0. The number of Topliss-reactive ketones (excluding diaryl/α,β-unsaturated/α-hetero) is 1. The molecule has 1 aromatic heterocycles. The van der Waals surface area contributed by atoms with Crippen molar-refractivity contribution in [3.05, 3.63) is 65.5 Å². The Kier molecular flexibility index (Phi) is 8.02. The Bertz CT molecular complexity index is 888. The fraction of sp³-hybridized carbons (Fsp3) is 0.391. The minimum atomic E-state index is -0.499. The standard InChI is InChI=1S/C23H26N2O4S/c1-16(26)25-11-12-30-15-19(23(28)18-6-4-10-24-14-18)13-22(27)29-21-9-8-17-5-2-3-7-20(17)21/h2-7,10,14,19,21H,8-9,11-13,15H2,1H3,(H,25,26). The summed E-state index contributed by atoms with van der Waals surface area (Å²) in [6.07, 6.45) is 4.59. The Labute approximate surface area is 180 Å². The largest absolute Gasteiger partial charge is 0.457 e. The highest BCUT2D eigenvalue weighted by Gasteiger charge is 2.29. The third kappa shape index (κ3) is 6.16. The van der Waals surface area contributed by atoms with Crippen LogP contribution in [0, 0.1) is 5.92 Å². The molecule has 0 aliphatic heterocycles. The van der Waals surface area contributed by atoms with E-state index in [2.05, 4.69) is 16.4 Å². The Morgan fingerprint density at radius 1 is 1.23 bits per heavy atom. The summed E-state index contributed by atoms with van der Waals surface area (Å²) in [5.41, 5.74) is 2.77. The average Bonchev–Trinajstić information content (AvgIpc) is 3.15. The third-order valence-electron chi connectivity index (χ3n) is 5.02. The molecule has 6 nitrogen and oxygen atoms in total. The second-order valence-electron chi connectivity index (χ2n) is 7.28. The zero-order valence-electron chi connectivity index (χ0n) is 17.0. The van der Waals surface area contributed by atoms with Gasteiger partial charge < -0.3 is 10.1 Å². The number of benzene rings is 1. The van der Waals surface area contributed by atoms with Gasteiger partial charge in [0.25, 0.3) is 0 Å². The van der Waals surface area contributed by atoms with Crippen LogP contribution in [0.5, 0.6) is 0 Å². The molecule has 1 aromatic carbocycles. The predicted octanol–water partition coefficient (Wildman–Crippen LogP) is 3.37. The molecule has 0 saturated carbocycles. The second-order valence-corrected chi connectivity index (χ2v) is 8.43. The van der Waals surface area contributed by atoms with Gasteiger partial charge in [-0.3, -0.25) is 19.4 Å². The summed E-state index contributed by atoms with van der Waals surface area (Å²) < 4.78 is 5.74. The van der Waals surface area contributed by atoms with Crippen LogP contribution < -0.4 is 5.32 Å². The molecule has 0 fully saturated rings. The van der Waals surface area contributed by atoms with Crippen molar-refractivity contribution in [1.29, 1.82) is 0 Å². The molecule has 0 spiro atoms. The van der Waals surface area contributed by atoms with Crippen molar-refractivity contribution >= 4 is 29.4 Å². The van der Waals surface area contributed by atoms with E-state index in [1.807, 2.05) is 18.2 Å². The molecule has 0 saturated heterocycles. The number of carbonyl (C=O) groups is 3. The van der Waals surface area contributed by atoms with E-state index in [0.29, 0.717) is 23.6 Å². The Morgan fingerprint density at radius 2 is 2.07 bits per heavy atom. The summed E-state index contributed by atoms with van der Waals surface area (Å²) in [4.78, 5) is 40.6. The fourth-order valence-corrected chi connectivity index (χ4v) is 4.51. The van der Waals surface area contributed by atoms with E-state index in [1.165, 1.54) is 30.4 Å². The normalized spacial score (nSPS) is 15.8. The number of hydrogen-bond donors (Lipinski definition) is 1. The van der Waals surface area contributed by atoms with Gasteiger partial charge in [-0.15, -0.1) is 0 Å². The van der Waals surface area contributed by atoms with Gasteiger partial charge in [-0.2, -0.15) is 11.8 Å². The topological polar surface area (TPSA) is 85.4 Å². The zero-order chi connectivity index (χ0) is 21.3. The quantitative estimate of drug-likeness (QED) is 0.356. The number of fused-ring (bicyclic) bond motifs is 1. The monoisotopic (exact) mass is 426 g/mol. The van der Waals surface area contributed by atoms with Crippen molar-refractivity contribution in [2.24, 2.45) is 5.92 Å². The summed E-state index contributed by atoms with van der Waals surface area (Å²) in [5, 5.41) is 2.73. The Hall–Kier alpha value is -2.67. The number of ketones is 1. The predicted molar refractivity (Wildman–Crippen MR) is 116 cm³/mol. The molecule has 1 N–H and O–H groups in total. The molecule has 30 heavy (non-hydrogen) atoms.